The summed E-state index contributed by atoms with van der Waals surface area (Å²) in [5.41, 5.74) is 4.00. The molecular formula is C26H27N7O. The predicted molar refractivity (Wildman–Crippen MR) is 129 cm³/mol. The lowest BCUT2D eigenvalue weighted by atomic mass is 10.0. The van der Waals surface area contributed by atoms with Crippen LogP contribution in [0.4, 0.5) is 0 Å². The van der Waals surface area contributed by atoms with Crippen molar-refractivity contribution in [3.05, 3.63) is 66.9 Å². The summed E-state index contributed by atoms with van der Waals surface area (Å²) in [5, 5.41) is 17.6. The quantitative estimate of drug-likeness (QED) is 0.429. The summed E-state index contributed by atoms with van der Waals surface area (Å²) in [6, 6.07) is 20.1. The molecule has 1 fully saturated rings. The number of aromatic nitrogens is 6. The molecule has 2 aromatic carbocycles. The number of piperidine rings is 1. The Morgan fingerprint density at radius 2 is 1.53 bits per heavy atom. The third-order valence-corrected chi connectivity index (χ3v) is 6.18. The second-order valence-corrected chi connectivity index (χ2v) is 8.51. The largest absolute Gasteiger partial charge is 0.343 e. The average Bonchev–Trinajstić information content (AvgIpc) is 3.40. The van der Waals surface area contributed by atoms with E-state index in [1.54, 1.807) is 0 Å². The zero-order chi connectivity index (χ0) is 23.3. The molecule has 0 unspecified atom stereocenters. The number of nitrogens with zero attached hydrogens (tertiary/aromatic N) is 7. The van der Waals surface area contributed by atoms with Crippen LogP contribution in [0.25, 0.3) is 34.0 Å². The minimum absolute atomic E-state index is 0.206. The van der Waals surface area contributed by atoms with Crippen molar-refractivity contribution in [2.75, 3.05) is 13.1 Å². The lowest BCUT2D eigenvalue weighted by molar-refractivity contribution is -0.132. The molecule has 34 heavy (non-hydrogen) atoms. The molecule has 0 atom stereocenters. The fourth-order valence-electron chi connectivity index (χ4n) is 4.33. The van der Waals surface area contributed by atoms with Crippen molar-refractivity contribution in [3.8, 4) is 34.0 Å². The molecule has 1 aliphatic rings. The average molecular weight is 454 g/mol. The van der Waals surface area contributed by atoms with E-state index in [0.717, 1.165) is 54.9 Å². The summed E-state index contributed by atoms with van der Waals surface area (Å²) in [6.45, 7) is 3.54. The molecule has 1 aliphatic heterocycles. The van der Waals surface area contributed by atoms with E-state index in [9.17, 15) is 4.79 Å². The van der Waals surface area contributed by atoms with E-state index in [0.29, 0.717) is 17.9 Å². The number of amides is 1. The monoisotopic (exact) mass is 453 g/mol. The highest BCUT2D eigenvalue weighted by atomic mass is 16.2. The van der Waals surface area contributed by atoms with Crippen LogP contribution in [-0.2, 0) is 4.79 Å². The highest BCUT2D eigenvalue weighted by molar-refractivity contribution is 5.78. The number of rotatable bonds is 6. The Balaban J connectivity index is 1.41. The van der Waals surface area contributed by atoms with Gasteiger partial charge in [0.1, 0.15) is 11.4 Å². The van der Waals surface area contributed by atoms with Gasteiger partial charge < -0.3 is 4.90 Å². The fourth-order valence-corrected chi connectivity index (χ4v) is 4.33. The topological polar surface area (TPSA) is 89.7 Å². The third kappa shape index (κ3) is 4.57. The summed E-state index contributed by atoms with van der Waals surface area (Å²) in [5.74, 6) is 0.687. The first-order valence-electron chi connectivity index (χ1n) is 11.8. The molecule has 0 radical (unpaired) electrons. The van der Waals surface area contributed by atoms with Gasteiger partial charge in [-0.2, -0.15) is 0 Å². The van der Waals surface area contributed by atoms with E-state index >= 15 is 0 Å². The third-order valence-electron chi connectivity index (χ3n) is 6.18. The number of benzene rings is 2. The molecule has 0 aliphatic carbocycles. The molecule has 1 saturated heterocycles. The van der Waals surface area contributed by atoms with Crippen molar-refractivity contribution in [1.82, 2.24) is 35.1 Å². The minimum atomic E-state index is 0.206. The number of carbonyl (C=O) groups excluding carboxylic acids is 1. The highest BCUT2D eigenvalue weighted by Gasteiger charge is 2.25. The smallest absolute Gasteiger partial charge is 0.222 e. The number of carbonyl (C=O) groups is 1. The maximum atomic E-state index is 12.2. The Morgan fingerprint density at radius 3 is 2.18 bits per heavy atom. The van der Waals surface area contributed by atoms with Crippen LogP contribution < -0.4 is 0 Å². The van der Waals surface area contributed by atoms with Gasteiger partial charge in [0, 0.05) is 30.6 Å². The van der Waals surface area contributed by atoms with Crippen LogP contribution >= 0.6 is 0 Å². The molecule has 4 aromatic rings. The summed E-state index contributed by atoms with van der Waals surface area (Å²) >= 11 is 0. The molecule has 3 heterocycles. The first-order valence-corrected chi connectivity index (χ1v) is 11.8. The van der Waals surface area contributed by atoms with Gasteiger partial charge in [0.05, 0.1) is 12.2 Å². The van der Waals surface area contributed by atoms with Gasteiger partial charge in [0.25, 0.3) is 0 Å². The van der Waals surface area contributed by atoms with Crippen LogP contribution in [0.5, 0.6) is 0 Å². The van der Waals surface area contributed by atoms with E-state index < -0.39 is 0 Å². The van der Waals surface area contributed by atoms with Crippen LogP contribution in [0.2, 0.25) is 0 Å². The van der Waals surface area contributed by atoms with Gasteiger partial charge in [0.2, 0.25) is 11.7 Å². The Bertz CT molecular complexity index is 1250. The minimum Gasteiger partial charge on any atom is -0.343 e. The SMILES string of the molecule is CCCC(=O)N1CCC(n2cc(-c3nnc(-c4ccccc4)c(-c4ccccc4)n3)nn2)CC1. The van der Waals surface area contributed by atoms with Crippen molar-refractivity contribution < 1.29 is 4.79 Å². The Kier molecular flexibility index (Phi) is 6.38. The van der Waals surface area contributed by atoms with Crippen LogP contribution in [0.15, 0.2) is 66.9 Å². The molecule has 2 aromatic heterocycles. The maximum Gasteiger partial charge on any atom is 0.222 e. The molecule has 8 nitrogen and oxygen atoms in total. The first kappa shape index (κ1) is 21.9. The van der Waals surface area contributed by atoms with Gasteiger partial charge in [-0.1, -0.05) is 72.8 Å². The normalized spacial score (nSPS) is 14.3. The Labute approximate surface area is 198 Å². The second kappa shape index (κ2) is 9.91. The van der Waals surface area contributed by atoms with Crippen molar-refractivity contribution >= 4 is 5.91 Å². The van der Waals surface area contributed by atoms with Crippen LogP contribution in [-0.4, -0.2) is 54.1 Å². The molecule has 5 rings (SSSR count). The van der Waals surface area contributed by atoms with Gasteiger partial charge >= 0.3 is 0 Å². The molecule has 0 N–H and O–H groups in total. The van der Waals surface area contributed by atoms with E-state index in [2.05, 4.69) is 20.5 Å². The molecule has 0 bridgehead atoms. The number of hydrogen-bond acceptors (Lipinski definition) is 6. The second-order valence-electron chi connectivity index (χ2n) is 8.51. The predicted octanol–water partition coefficient (Wildman–Crippen LogP) is 4.43. The van der Waals surface area contributed by atoms with Crippen LogP contribution in [0.3, 0.4) is 0 Å². The molecule has 8 heteroatoms. The Morgan fingerprint density at radius 1 is 0.882 bits per heavy atom. The fraction of sp³-hybridized carbons (Fsp3) is 0.308. The zero-order valence-corrected chi connectivity index (χ0v) is 19.2. The van der Waals surface area contributed by atoms with Crippen molar-refractivity contribution in [1.29, 1.82) is 0 Å². The van der Waals surface area contributed by atoms with Crippen molar-refractivity contribution in [2.45, 2.75) is 38.6 Å². The molecule has 0 spiro atoms. The van der Waals surface area contributed by atoms with Crippen LogP contribution in [0, 0.1) is 0 Å². The van der Waals surface area contributed by atoms with E-state index in [1.165, 1.54) is 0 Å². The van der Waals surface area contributed by atoms with Gasteiger partial charge in [-0.3, -0.25) is 4.79 Å². The lowest BCUT2D eigenvalue weighted by Gasteiger charge is -2.31. The van der Waals surface area contributed by atoms with Gasteiger partial charge in [-0.25, -0.2) is 9.67 Å². The van der Waals surface area contributed by atoms with Crippen molar-refractivity contribution in [2.24, 2.45) is 0 Å². The molecular weight excluding hydrogens is 426 g/mol. The van der Waals surface area contributed by atoms with E-state index in [-0.39, 0.29) is 11.9 Å². The zero-order valence-electron chi connectivity index (χ0n) is 19.2. The molecule has 172 valence electrons. The van der Waals surface area contributed by atoms with E-state index in [4.69, 9.17) is 4.98 Å². The van der Waals surface area contributed by atoms with Gasteiger partial charge in [-0.15, -0.1) is 15.3 Å². The highest BCUT2D eigenvalue weighted by Crippen LogP contribution is 2.30. The van der Waals surface area contributed by atoms with Gasteiger partial charge in [-0.05, 0) is 19.3 Å². The molecule has 1 amide bonds. The van der Waals surface area contributed by atoms with E-state index in [1.807, 2.05) is 83.4 Å². The number of hydrogen-bond donors (Lipinski definition) is 0. The van der Waals surface area contributed by atoms with Gasteiger partial charge in [0.15, 0.2) is 5.69 Å². The van der Waals surface area contributed by atoms with Crippen LogP contribution in [0.1, 0.15) is 38.6 Å². The summed E-state index contributed by atoms with van der Waals surface area (Å²) in [7, 11) is 0. The summed E-state index contributed by atoms with van der Waals surface area (Å²) < 4.78 is 1.88. The standard InChI is InChI=1S/C26H27N7O/c1-2-9-23(34)32-16-14-21(15-17-32)33-18-22(28-31-33)26-27-24(19-10-5-3-6-11-19)25(29-30-26)20-12-7-4-8-13-20/h3-8,10-13,18,21H,2,9,14-17H2,1H3. The lowest BCUT2D eigenvalue weighted by Crippen LogP contribution is -2.39. The maximum absolute atomic E-state index is 12.2. The molecule has 0 saturated carbocycles. The number of likely N-dealkylation sites (tertiary alicyclic amines) is 1. The Hall–Kier alpha value is -3.94. The van der Waals surface area contributed by atoms with Crippen molar-refractivity contribution in [3.63, 3.8) is 0 Å². The summed E-state index contributed by atoms with van der Waals surface area (Å²) in [4.78, 5) is 19.0. The summed E-state index contributed by atoms with van der Waals surface area (Å²) in [6.07, 6.45) is 5.11. The first-order chi connectivity index (χ1) is 16.7.